The molecule has 2 N–H and O–H groups in total. The first-order valence-electron chi connectivity index (χ1n) is 6.07. The molecule has 2 rings (SSSR count). The Morgan fingerprint density at radius 1 is 1.65 bits per heavy atom. The van der Waals surface area contributed by atoms with E-state index in [1.165, 1.54) is 6.07 Å². The van der Waals surface area contributed by atoms with Crippen LogP contribution in [0.3, 0.4) is 0 Å². The Kier molecular flexibility index (Phi) is 3.47. The van der Waals surface area contributed by atoms with Crippen LogP contribution in [0.1, 0.15) is 32.0 Å². The zero-order valence-electron chi connectivity index (χ0n) is 10.3. The zero-order chi connectivity index (χ0) is 12.4. The molecule has 94 valence electrons. The van der Waals surface area contributed by atoms with Gasteiger partial charge >= 0.3 is 0 Å². The second-order valence-electron chi connectivity index (χ2n) is 4.93. The van der Waals surface area contributed by atoms with Gasteiger partial charge in [0.25, 0.3) is 5.56 Å². The number of aliphatic hydroxyl groups is 1. The molecule has 1 aliphatic rings. The number of aromatic nitrogens is 2. The lowest BCUT2D eigenvalue weighted by molar-refractivity contribution is 0.238. The smallest absolute Gasteiger partial charge is 0.252 e. The van der Waals surface area contributed by atoms with Crippen LogP contribution >= 0.6 is 0 Å². The van der Waals surface area contributed by atoms with Gasteiger partial charge < -0.3 is 15.0 Å². The molecule has 17 heavy (non-hydrogen) atoms. The third-order valence-electron chi connectivity index (χ3n) is 3.16. The van der Waals surface area contributed by atoms with Crippen LogP contribution in [0.5, 0.6) is 0 Å². The molecule has 1 aliphatic heterocycles. The predicted octanol–water partition coefficient (Wildman–Crippen LogP) is 0.712. The average Bonchev–Trinajstić information content (AvgIpc) is 2.76. The Hall–Kier alpha value is -1.36. The van der Waals surface area contributed by atoms with Crippen molar-refractivity contribution in [1.82, 2.24) is 9.97 Å². The second-order valence-corrected chi connectivity index (χ2v) is 4.93. The Morgan fingerprint density at radius 2 is 2.41 bits per heavy atom. The molecule has 0 spiro atoms. The molecule has 1 fully saturated rings. The molecule has 0 saturated carbocycles. The first-order valence-corrected chi connectivity index (χ1v) is 6.07. The quantitative estimate of drug-likeness (QED) is 0.812. The summed E-state index contributed by atoms with van der Waals surface area (Å²) < 4.78 is 0. The van der Waals surface area contributed by atoms with E-state index in [1.54, 1.807) is 0 Å². The Labute approximate surface area is 100 Å². The summed E-state index contributed by atoms with van der Waals surface area (Å²) in [5.74, 6) is 1.96. The number of anilines is 1. The lowest BCUT2D eigenvalue weighted by Crippen LogP contribution is -2.25. The van der Waals surface area contributed by atoms with Crippen molar-refractivity contribution in [2.45, 2.75) is 26.2 Å². The molecule has 1 unspecified atom stereocenters. The van der Waals surface area contributed by atoms with Crippen molar-refractivity contribution >= 4 is 5.82 Å². The van der Waals surface area contributed by atoms with Crippen LogP contribution in [0.2, 0.25) is 0 Å². The summed E-state index contributed by atoms with van der Waals surface area (Å²) in [6.45, 7) is 5.85. The lowest BCUT2D eigenvalue weighted by atomic mass is 10.1. The van der Waals surface area contributed by atoms with Crippen molar-refractivity contribution in [2.24, 2.45) is 5.92 Å². The Bertz CT molecular complexity index is 442. The third-order valence-corrected chi connectivity index (χ3v) is 3.16. The molecule has 1 saturated heterocycles. The van der Waals surface area contributed by atoms with Crippen molar-refractivity contribution in [3.63, 3.8) is 0 Å². The highest BCUT2D eigenvalue weighted by Crippen LogP contribution is 2.21. The average molecular weight is 237 g/mol. The van der Waals surface area contributed by atoms with Crippen molar-refractivity contribution < 1.29 is 5.11 Å². The number of hydrogen-bond acceptors (Lipinski definition) is 4. The van der Waals surface area contributed by atoms with Gasteiger partial charge in [0.1, 0.15) is 11.6 Å². The molecular weight excluding hydrogens is 218 g/mol. The van der Waals surface area contributed by atoms with Crippen molar-refractivity contribution in [3.8, 4) is 0 Å². The number of nitrogens with zero attached hydrogens (tertiary/aromatic N) is 2. The molecule has 0 amide bonds. The molecule has 1 atom stereocenters. The van der Waals surface area contributed by atoms with Crippen molar-refractivity contribution in [1.29, 1.82) is 0 Å². The van der Waals surface area contributed by atoms with Crippen LogP contribution in [-0.2, 0) is 0 Å². The molecule has 5 nitrogen and oxygen atoms in total. The second kappa shape index (κ2) is 4.87. The maximum absolute atomic E-state index is 11.6. The van der Waals surface area contributed by atoms with Gasteiger partial charge in [0.2, 0.25) is 0 Å². The van der Waals surface area contributed by atoms with Crippen LogP contribution in [-0.4, -0.2) is 34.8 Å². The minimum Gasteiger partial charge on any atom is -0.396 e. The molecule has 1 aromatic rings. The highest BCUT2D eigenvalue weighted by atomic mass is 16.3. The van der Waals surface area contributed by atoms with Gasteiger partial charge in [-0.1, -0.05) is 13.8 Å². The number of rotatable bonds is 3. The van der Waals surface area contributed by atoms with Gasteiger partial charge in [0.05, 0.1) is 0 Å². The summed E-state index contributed by atoms with van der Waals surface area (Å²) in [6, 6.07) is 1.53. The van der Waals surface area contributed by atoms with E-state index in [2.05, 4.69) is 14.9 Å². The normalized spacial score (nSPS) is 20.2. The van der Waals surface area contributed by atoms with Gasteiger partial charge in [-0.2, -0.15) is 0 Å². The van der Waals surface area contributed by atoms with Gasteiger partial charge in [-0.15, -0.1) is 0 Å². The maximum Gasteiger partial charge on any atom is 0.252 e. The van der Waals surface area contributed by atoms with Gasteiger partial charge in [0.15, 0.2) is 0 Å². The third kappa shape index (κ3) is 2.66. The standard InChI is InChI=1S/C12H19N3O2/c1-8(2)12-13-10(5-11(17)14-12)15-4-3-9(6-15)7-16/h5,8-9,16H,3-4,6-7H2,1-2H3,(H,13,14,17). The lowest BCUT2D eigenvalue weighted by Gasteiger charge is -2.18. The van der Waals surface area contributed by atoms with E-state index < -0.39 is 0 Å². The van der Waals surface area contributed by atoms with Crippen LogP contribution in [0.25, 0.3) is 0 Å². The molecule has 0 bridgehead atoms. The van der Waals surface area contributed by atoms with Crippen molar-refractivity contribution in [2.75, 3.05) is 24.6 Å². The SMILES string of the molecule is CC(C)c1nc(N2CCC(CO)C2)cc(=O)[nH]1. The number of aliphatic hydroxyl groups excluding tert-OH is 1. The minimum absolute atomic E-state index is 0.105. The number of aromatic amines is 1. The van der Waals surface area contributed by atoms with Crippen molar-refractivity contribution in [3.05, 3.63) is 22.2 Å². The summed E-state index contributed by atoms with van der Waals surface area (Å²) in [5.41, 5.74) is -0.105. The highest BCUT2D eigenvalue weighted by Gasteiger charge is 2.23. The summed E-state index contributed by atoms with van der Waals surface area (Å²) in [4.78, 5) is 20.8. The number of nitrogens with one attached hydrogen (secondary N) is 1. The summed E-state index contributed by atoms with van der Waals surface area (Å²) in [5, 5.41) is 9.11. The predicted molar refractivity (Wildman–Crippen MR) is 66.4 cm³/mol. The van der Waals surface area contributed by atoms with E-state index in [9.17, 15) is 4.79 Å². The summed E-state index contributed by atoms with van der Waals surface area (Å²) in [6.07, 6.45) is 0.960. The Morgan fingerprint density at radius 3 is 3.00 bits per heavy atom. The van der Waals surface area contributed by atoms with E-state index in [-0.39, 0.29) is 18.1 Å². The highest BCUT2D eigenvalue weighted by molar-refractivity contribution is 5.39. The maximum atomic E-state index is 11.6. The molecule has 0 aliphatic carbocycles. The van der Waals surface area contributed by atoms with Gasteiger partial charge in [-0.25, -0.2) is 4.98 Å². The largest absolute Gasteiger partial charge is 0.396 e. The summed E-state index contributed by atoms with van der Waals surface area (Å²) in [7, 11) is 0. The fraction of sp³-hybridized carbons (Fsp3) is 0.667. The van der Waals surface area contributed by atoms with Crippen LogP contribution in [0.15, 0.2) is 10.9 Å². The van der Waals surface area contributed by atoms with E-state index in [0.29, 0.717) is 5.92 Å². The molecule has 0 aromatic carbocycles. The van der Waals surface area contributed by atoms with E-state index in [0.717, 1.165) is 31.2 Å². The monoisotopic (exact) mass is 237 g/mol. The molecular formula is C12H19N3O2. The fourth-order valence-electron chi connectivity index (χ4n) is 2.09. The molecule has 2 heterocycles. The van der Waals surface area contributed by atoms with Crippen LogP contribution < -0.4 is 10.5 Å². The number of hydrogen-bond donors (Lipinski definition) is 2. The van der Waals surface area contributed by atoms with E-state index in [4.69, 9.17) is 5.11 Å². The number of H-pyrrole nitrogens is 1. The van der Waals surface area contributed by atoms with Gasteiger partial charge in [-0.3, -0.25) is 4.79 Å². The molecule has 5 heteroatoms. The van der Waals surface area contributed by atoms with Gasteiger partial charge in [0, 0.05) is 37.6 Å². The minimum atomic E-state index is -0.105. The summed E-state index contributed by atoms with van der Waals surface area (Å²) >= 11 is 0. The zero-order valence-corrected chi connectivity index (χ0v) is 10.3. The Balaban J connectivity index is 2.24. The topological polar surface area (TPSA) is 69.2 Å². The fourth-order valence-corrected chi connectivity index (χ4v) is 2.09. The van der Waals surface area contributed by atoms with E-state index >= 15 is 0 Å². The van der Waals surface area contributed by atoms with E-state index in [1.807, 2.05) is 13.8 Å². The molecule has 1 aromatic heterocycles. The molecule has 0 radical (unpaired) electrons. The first-order chi connectivity index (χ1) is 8.10. The van der Waals surface area contributed by atoms with Crippen LogP contribution in [0.4, 0.5) is 5.82 Å². The van der Waals surface area contributed by atoms with Gasteiger partial charge in [-0.05, 0) is 6.42 Å². The van der Waals surface area contributed by atoms with Crippen LogP contribution in [0, 0.1) is 5.92 Å². The first kappa shape index (κ1) is 12.1.